The molecule has 0 saturated heterocycles. The predicted molar refractivity (Wildman–Crippen MR) is 170 cm³/mol. The number of anilines is 1. The second-order valence-electron chi connectivity index (χ2n) is 10.9. The van der Waals surface area contributed by atoms with Crippen LogP contribution >= 0.6 is 11.8 Å². The van der Waals surface area contributed by atoms with Crippen molar-refractivity contribution in [2.24, 2.45) is 0 Å². The fourth-order valence-electron chi connectivity index (χ4n) is 4.97. The van der Waals surface area contributed by atoms with Crippen LogP contribution in [0.5, 0.6) is 11.5 Å². The Bertz CT molecular complexity index is 1040. The van der Waals surface area contributed by atoms with Crippen LogP contribution in [0.1, 0.15) is 102 Å². The molecule has 0 fully saturated rings. The summed E-state index contributed by atoms with van der Waals surface area (Å²) < 4.78 is 11.6. The smallest absolute Gasteiger partial charge is 0.228 e. The van der Waals surface area contributed by atoms with E-state index in [0.717, 1.165) is 30.1 Å². The Hall–Kier alpha value is -2.60. The van der Waals surface area contributed by atoms with Crippen molar-refractivity contribution in [3.8, 4) is 11.5 Å². The number of rotatable bonds is 20. The largest absolute Gasteiger partial charge is 0.493 e. The Morgan fingerprint density at radius 2 is 1.48 bits per heavy atom. The Morgan fingerprint density at radius 1 is 0.850 bits per heavy atom. The van der Waals surface area contributed by atoms with Crippen molar-refractivity contribution < 1.29 is 14.3 Å². The zero-order chi connectivity index (χ0) is 28.4. The lowest BCUT2D eigenvalue weighted by atomic mass is 10.1. The van der Waals surface area contributed by atoms with E-state index in [1.807, 2.05) is 42.1 Å². The van der Waals surface area contributed by atoms with Gasteiger partial charge in [0, 0.05) is 17.9 Å². The number of methoxy groups -OCH3 is 1. The Balaban J connectivity index is 1.33. The van der Waals surface area contributed by atoms with Gasteiger partial charge < -0.3 is 19.7 Å². The quantitative estimate of drug-likeness (QED) is 0.162. The van der Waals surface area contributed by atoms with Gasteiger partial charge in [-0.25, -0.2) is 0 Å². The summed E-state index contributed by atoms with van der Waals surface area (Å²) in [6.07, 6.45) is 16.1. The Labute approximate surface area is 247 Å². The molecule has 2 aromatic rings. The fourth-order valence-corrected chi connectivity index (χ4v) is 5.91. The maximum atomic E-state index is 12.7. The SMILES string of the molecule is CCCCCCCCCCCCCCOc1cc(CC(=O)Nc2ccc(CN3CSC=C3C)cc2)ccc1OC. The normalized spacial score (nSPS) is 12.9. The number of carbonyl (C=O) groups excluding carboxylic acids is 1. The molecule has 1 amide bonds. The fraction of sp³-hybridized carbons (Fsp3) is 0.559. The van der Waals surface area contributed by atoms with Crippen LogP contribution in [-0.4, -0.2) is 30.4 Å². The molecule has 3 rings (SSSR count). The van der Waals surface area contributed by atoms with Gasteiger partial charge in [-0.2, -0.15) is 0 Å². The van der Waals surface area contributed by atoms with E-state index >= 15 is 0 Å². The van der Waals surface area contributed by atoms with Crippen molar-refractivity contribution in [3.63, 3.8) is 0 Å². The average molecular weight is 567 g/mol. The number of carbonyl (C=O) groups is 1. The number of hydrogen-bond donors (Lipinski definition) is 1. The number of unbranched alkanes of at least 4 members (excludes halogenated alkanes) is 11. The first-order valence-corrected chi connectivity index (χ1v) is 16.4. The van der Waals surface area contributed by atoms with Crippen LogP contribution in [0, 0.1) is 0 Å². The third-order valence-electron chi connectivity index (χ3n) is 7.44. The zero-order valence-corrected chi connectivity index (χ0v) is 25.8. The number of hydrogen-bond acceptors (Lipinski definition) is 5. The second kappa shape index (κ2) is 18.7. The van der Waals surface area contributed by atoms with Crippen LogP contribution < -0.4 is 14.8 Å². The Kier molecular flexibility index (Phi) is 14.9. The highest BCUT2D eigenvalue weighted by Crippen LogP contribution is 2.29. The third kappa shape index (κ3) is 11.9. The molecule has 0 radical (unpaired) electrons. The van der Waals surface area contributed by atoms with Crippen LogP contribution in [0.4, 0.5) is 5.69 Å². The first-order chi connectivity index (χ1) is 19.6. The summed E-state index contributed by atoms with van der Waals surface area (Å²) in [6.45, 7) is 5.97. The summed E-state index contributed by atoms with van der Waals surface area (Å²) >= 11 is 1.83. The first-order valence-electron chi connectivity index (χ1n) is 15.3. The van der Waals surface area contributed by atoms with Gasteiger partial charge in [-0.15, -0.1) is 11.8 Å². The van der Waals surface area contributed by atoms with Crippen LogP contribution in [0.15, 0.2) is 53.6 Å². The molecule has 1 N–H and O–H groups in total. The molecule has 2 aromatic carbocycles. The summed E-state index contributed by atoms with van der Waals surface area (Å²) in [5.74, 6) is 2.38. The number of thioether (sulfide) groups is 1. The Morgan fingerprint density at radius 3 is 2.08 bits per heavy atom. The van der Waals surface area contributed by atoms with E-state index in [1.165, 1.54) is 81.9 Å². The number of ether oxygens (including phenoxy) is 2. The topological polar surface area (TPSA) is 50.8 Å². The molecule has 5 nitrogen and oxygen atoms in total. The summed E-state index contributed by atoms with van der Waals surface area (Å²) in [5, 5.41) is 5.22. The van der Waals surface area contributed by atoms with E-state index in [9.17, 15) is 4.79 Å². The second-order valence-corrected chi connectivity index (χ2v) is 11.7. The summed E-state index contributed by atoms with van der Waals surface area (Å²) in [4.78, 5) is 15.1. The van der Waals surface area contributed by atoms with E-state index in [4.69, 9.17) is 9.47 Å². The average Bonchev–Trinajstić information content (AvgIpc) is 3.36. The molecule has 1 aliphatic rings. The van der Waals surface area contributed by atoms with E-state index in [0.29, 0.717) is 18.1 Å². The number of benzene rings is 2. The maximum Gasteiger partial charge on any atom is 0.228 e. The molecule has 0 aliphatic carbocycles. The molecule has 0 unspecified atom stereocenters. The summed E-state index contributed by atoms with van der Waals surface area (Å²) in [7, 11) is 1.65. The summed E-state index contributed by atoms with van der Waals surface area (Å²) in [5.41, 5.74) is 4.26. The van der Waals surface area contributed by atoms with E-state index in [2.05, 4.69) is 41.6 Å². The molecule has 0 spiro atoms. The van der Waals surface area contributed by atoms with Crippen LogP contribution in [0.2, 0.25) is 0 Å². The van der Waals surface area contributed by atoms with Crippen LogP contribution in [0.3, 0.4) is 0 Å². The molecule has 0 atom stereocenters. The van der Waals surface area contributed by atoms with Gasteiger partial charge in [0.25, 0.3) is 0 Å². The number of allylic oxidation sites excluding steroid dienone is 1. The van der Waals surface area contributed by atoms with Crippen molar-refractivity contribution in [3.05, 3.63) is 64.7 Å². The van der Waals surface area contributed by atoms with E-state index in [1.54, 1.807) is 7.11 Å². The van der Waals surface area contributed by atoms with Gasteiger partial charge in [-0.05, 0) is 54.1 Å². The maximum absolute atomic E-state index is 12.7. The molecule has 0 bridgehead atoms. The van der Waals surface area contributed by atoms with Crippen molar-refractivity contribution in [1.29, 1.82) is 0 Å². The number of nitrogens with zero attached hydrogens (tertiary/aromatic N) is 1. The monoisotopic (exact) mass is 566 g/mol. The predicted octanol–water partition coefficient (Wildman–Crippen LogP) is 9.32. The van der Waals surface area contributed by atoms with Gasteiger partial charge >= 0.3 is 0 Å². The molecule has 220 valence electrons. The van der Waals surface area contributed by atoms with Crippen molar-refractivity contribution in [1.82, 2.24) is 4.90 Å². The highest BCUT2D eigenvalue weighted by atomic mass is 32.2. The van der Waals surface area contributed by atoms with Crippen LogP contribution in [-0.2, 0) is 17.8 Å². The molecular formula is C34H50N2O3S. The van der Waals surface area contributed by atoms with Gasteiger partial charge in [-0.1, -0.05) is 95.8 Å². The van der Waals surface area contributed by atoms with Crippen molar-refractivity contribution in [2.75, 3.05) is 24.9 Å². The number of nitrogens with one attached hydrogen (secondary N) is 1. The lowest BCUT2D eigenvalue weighted by molar-refractivity contribution is -0.115. The van der Waals surface area contributed by atoms with Gasteiger partial charge in [0.1, 0.15) is 0 Å². The minimum Gasteiger partial charge on any atom is -0.493 e. The van der Waals surface area contributed by atoms with Gasteiger partial charge in [-0.3, -0.25) is 4.79 Å². The molecule has 6 heteroatoms. The molecule has 1 heterocycles. The molecule has 1 aliphatic heterocycles. The lowest BCUT2D eigenvalue weighted by Gasteiger charge is -2.19. The standard InChI is InChI=1S/C34H50N2O3S/c1-4-5-6-7-8-9-10-11-12-13-14-15-22-39-33-23-30(18-21-32(33)38-3)24-34(37)35-31-19-16-29(17-20-31)25-36-27-40-26-28(36)2/h16-21,23,26H,4-15,22,24-25,27H2,1-3H3,(H,35,37). The highest BCUT2D eigenvalue weighted by molar-refractivity contribution is 8.02. The van der Waals surface area contributed by atoms with E-state index in [-0.39, 0.29) is 12.3 Å². The minimum atomic E-state index is -0.0421. The van der Waals surface area contributed by atoms with Gasteiger partial charge in [0.2, 0.25) is 5.91 Å². The highest BCUT2D eigenvalue weighted by Gasteiger charge is 2.13. The third-order valence-corrected chi connectivity index (χ3v) is 8.41. The molecule has 0 saturated carbocycles. The summed E-state index contributed by atoms with van der Waals surface area (Å²) in [6, 6.07) is 13.9. The van der Waals surface area contributed by atoms with Crippen molar-refractivity contribution in [2.45, 2.75) is 104 Å². The van der Waals surface area contributed by atoms with E-state index < -0.39 is 0 Å². The first kappa shape index (κ1) is 31.9. The molecule has 40 heavy (non-hydrogen) atoms. The molecule has 0 aromatic heterocycles. The van der Waals surface area contributed by atoms with Crippen molar-refractivity contribution >= 4 is 23.4 Å². The zero-order valence-electron chi connectivity index (χ0n) is 25.0. The van der Waals surface area contributed by atoms with Gasteiger partial charge in [0.15, 0.2) is 11.5 Å². The van der Waals surface area contributed by atoms with Crippen LogP contribution in [0.25, 0.3) is 0 Å². The minimum absolute atomic E-state index is 0.0421. The molecular weight excluding hydrogens is 516 g/mol. The van der Waals surface area contributed by atoms with Gasteiger partial charge in [0.05, 0.1) is 26.0 Å². The number of amides is 1. The lowest BCUT2D eigenvalue weighted by Crippen LogP contribution is -2.17.